The Labute approximate surface area is 122 Å². The van der Waals surface area contributed by atoms with Gasteiger partial charge in [-0.1, -0.05) is 18.9 Å². The summed E-state index contributed by atoms with van der Waals surface area (Å²) in [6, 6.07) is 0. The molecule has 0 bridgehead atoms. The van der Waals surface area contributed by atoms with Crippen LogP contribution in [0.4, 0.5) is 0 Å². The van der Waals surface area contributed by atoms with E-state index in [0.29, 0.717) is 6.42 Å². The molecule has 20 heavy (non-hydrogen) atoms. The number of nitrogens with one attached hydrogen (secondary N) is 1. The number of carbonyl (C=O) groups is 2. The van der Waals surface area contributed by atoms with Crippen molar-refractivity contribution in [2.75, 3.05) is 5.75 Å². The zero-order valence-electron chi connectivity index (χ0n) is 11.8. The van der Waals surface area contributed by atoms with Crippen LogP contribution in [0, 0.1) is 0 Å². The van der Waals surface area contributed by atoms with Gasteiger partial charge in [0.15, 0.2) is 4.99 Å². The van der Waals surface area contributed by atoms with Crippen molar-refractivity contribution in [2.45, 2.75) is 57.8 Å². The van der Waals surface area contributed by atoms with Crippen molar-refractivity contribution < 1.29 is 14.7 Å². The first-order chi connectivity index (χ1) is 9.68. The minimum atomic E-state index is -0.966. The molecule has 1 atom stereocenters. The summed E-state index contributed by atoms with van der Waals surface area (Å²) in [6.07, 6.45) is 11.3. The third-order valence-electron chi connectivity index (χ3n) is 3.76. The van der Waals surface area contributed by atoms with E-state index < -0.39 is 16.5 Å². The van der Waals surface area contributed by atoms with Crippen LogP contribution in [0.15, 0.2) is 11.0 Å². The number of carbonyl (C=O) groups excluding carboxylic acids is 1. The van der Waals surface area contributed by atoms with Crippen molar-refractivity contribution in [3.8, 4) is 0 Å². The normalized spacial score (nSPS) is 25.6. The first-order valence-electron chi connectivity index (χ1n) is 7.48. The van der Waals surface area contributed by atoms with Crippen LogP contribution in [0.1, 0.15) is 57.8 Å². The molecule has 1 aliphatic heterocycles. The SMILES string of the molecule is O=C1CCCCS(C2=CCCCCCC2)=C(C(=O)O)N1. The molecular weight excluding hydrogens is 274 g/mol. The van der Waals surface area contributed by atoms with Gasteiger partial charge in [0.2, 0.25) is 5.91 Å². The van der Waals surface area contributed by atoms with Gasteiger partial charge in [-0.3, -0.25) is 4.79 Å². The lowest BCUT2D eigenvalue weighted by Gasteiger charge is -2.21. The Kier molecular flexibility index (Phi) is 5.83. The van der Waals surface area contributed by atoms with Gasteiger partial charge in [-0.15, -0.1) is 10.5 Å². The van der Waals surface area contributed by atoms with E-state index >= 15 is 0 Å². The maximum atomic E-state index is 11.7. The fourth-order valence-corrected chi connectivity index (χ4v) is 5.07. The fraction of sp³-hybridized carbons (Fsp3) is 0.667. The second-order valence-electron chi connectivity index (χ2n) is 5.36. The van der Waals surface area contributed by atoms with Crippen molar-refractivity contribution in [1.82, 2.24) is 5.32 Å². The molecule has 0 saturated heterocycles. The number of rotatable bonds is 2. The zero-order chi connectivity index (χ0) is 14.4. The number of amides is 1. The number of carboxylic acid groups (broad SMARTS) is 1. The second kappa shape index (κ2) is 7.62. The van der Waals surface area contributed by atoms with E-state index in [1.165, 1.54) is 24.2 Å². The molecule has 5 heteroatoms. The average molecular weight is 297 g/mol. The fourth-order valence-electron chi connectivity index (χ4n) is 2.69. The lowest BCUT2D eigenvalue weighted by molar-refractivity contribution is -0.130. The van der Waals surface area contributed by atoms with Crippen molar-refractivity contribution in [3.05, 3.63) is 11.0 Å². The van der Waals surface area contributed by atoms with Crippen molar-refractivity contribution in [2.24, 2.45) is 0 Å². The molecule has 2 N–H and O–H groups in total. The first-order valence-corrected chi connectivity index (χ1v) is 8.88. The highest BCUT2D eigenvalue weighted by atomic mass is 32.2. The summed E-state index contributed by atoms with van der Waals surface area (Å²) < 4.78 is 0. The number of hydrogen-bond acceptors (Lipinski definition) is 2. The minimum Gasteiger partial charge on any atom is -0.476 e. The smallest absolute Gasteiger partial charge is 0.358 e. The molecule has 0 saturated carbocycles. The van der Waals surface area contributed by atoms with Gasteiger partial charge in [0.25, 0.3) is 0 Å². The predicted octanol–water partition coefficient (Wildman–Crippen LogP) is 3.01. The monoisotopic (exact) mass is 297 g/mol. The third-order valence-corrected chi connectivity index (χ3v) is 6.23. The average Bonchev–Trinajstić information content (AvgIpc) is 2.34. The van der Waals surface area contributed by atoms with Crippen LogP contribution >= 0.6 is 10.5 Å². The van der Waals surface area contributed by atoms with E-state index in [1.807, 2.05) is 0 Å². The molecule has 1 unspecified atom stereocenters. The Morgan fingerprint density at radius 2 is 1.85 bits per heavy atom. The summed E-state index contributed by atoms with van der Waals surface area (Å²) in [6.45, 7) is 0. The molecule has 4 nitrogen and oxygen atoms in total. The van der Waals surface area contributed by atoms with Crippen molar-refractivity contribution >= 4 is 27.3 Å². The summed E-state index contributed by atoms with van der Waals surface area (Å²) >= 11 is 0. The second-order valence-corrected chi connectivity index (χ2v) is 7.48. The van der Waals surface area contributed by atoms with E-state index in [2.05, 4.69) is 11.4 Å². The van der Waals surface area contributed by atoms with Crippen LogP contribution in [0.2, 0.25) is 0 Å². The van der Waals surface area contributed by atoms with Crippen LogP contribution < -0.4 is 5.32 Å². The van der Waals surface area contributed by atoms with Gasteiger partial charge >= 0.3 is 5.97 Å². The molecule has 1 aliphatic carbocycles. The number of aliphatic carboxylic acids is 1. The summed E-state index contributed by atoms with van der Waals surface area (Å²) in [5.41, 5.74) is 0. The maximum absolute atomic E-state index is 11.7. The number of allylic oxidation sites excluding steroid dienone is 2. The van der Waals surface area contributed by atoms with E-state index in [-0.39, 0.29) is 10.9 Å². The predicted molar refractivity (Wildman–Crippen MR) is 82.9 cm³/mol. The molecule has 1 amide bonds. The molecule has 0 radical (unpaired) electrons. The number of carboxylic acids is 1. The van der Waals surface area contributed by atoms with Crippen molar-refractivity contribution in [3.63, 3.8) is 0 Å². The van der Waals surface area contributed by atoms with E-state index in [4.69, 9.17) is 0 Å². The summed E-state index contributed by atoms with van der Waals surface area (Å²) in [5.74, 6) is -0.245. The molecule has 0 spiro atoms. The quantitative estimate of drug-likeness (QED) is 0.770. The minimum absolute atomic E-state index is 0.147. The third kappa shape index (κ3) is 4.20. The zero-order valence-corrected chi connectivity index (χ0v) is 12.6. The molecule has 0 aromatic carbocycles. The van der Waals surface area contributed by atoms with E-state index in [0.717, 1.165) is 37.9 Å². The molecule has 2 aliphatic rings. The highest BCUT2D eigenvalue weighted by Gasteiger charge is 2.21. The van der Waals surface area contributed by atoms with Gasteiger partial charge < -0.3 is 10.4 Å². The van der Waals surface area contributed by atoms with Crippen LogP contribution in [-0.2, 0) is 9.59 Å². The Hall–Kier alpha value is -1.10. The Balaban J connectivity index is 2.33. The molecular formula is C15H23NO3S. The molecule has 2 rings (SSSR count). The van der Waals surface area contributed by atoms with Gasteiger partial charge in [0, 0.05) is 6.42 Å². The summed E-state index contributed by atoms with van der Waals surface area (Å²) in [4.78, 5) is 24.7. The van der Waals surface area contributed by atoms with Gasteiger partial charge in [-0.25, -0.2) is 4.79 Å². The summed E-state index contributed by atoms with van der Waals surface area (Å²) in [5, 5.41) is 12.1. The Bertz CT molecular complexity index is 454. The largest absolute Gasteiger partial charge is 0.476 e. The van der Waals surface area contributed by atoms with Crippen LogP contribution in [0.5, 0.6) is 0 Å². The van der Waals surface area contributed by atoms with Gasteiger partial charge in [-0.2, -0.15) is 0 Å². The maximum Gasteiger partial charge on any atom is 0.358 e. The highest BCUT2D eigenvalue weighted by molar-refractivity contribution is 8.20. The molecule has 1 heterocycles. The number of hydrogen-bond donors (Lipinski definition) is 2. The molecule has 0 fully saturated rings. The standard InChI is InChI=1S/C15H23NO3S/c17-13-10-6-7-11-20(14(16-13)15(18)19)12-8-4-2-1-3-5-9-12/h8H,1-7,9-11H2,(H,16,17)(H,18,19). The van der Waals surface area contributed by atoms with Crippen LogP contribution in [-0.4, -0.2) is 27.7 Å². The van der Waals surface area contributed by atoms with Crippen LogP contribution in [0.3, 0.4) is 0 Å². The van der Waals surface area contributed by atoms with Gasteiger partial charge in [0.1, 0.15) is 0 Å². The molecule has 0 aromatic heterocycles. The van der Waals surface area contributed by atoms with Crippen molar-refractivity contribution in [1.29, 1.82) is 0 Å². The van der Waals surface area contributed by atoms with Crippen LogP contribution in [0.25, 0.3) is 0 Å². The Morgan fingerprint density at radius 3 is 2.65 bits per heavy atom. The lowest BCUT2D eigenvalue weighted by Crippen LogP contribution is -2.37. The lowest BCUT2D eigenvalue weighted by atomic mass is 10.1. The highest BCUT2D eigenvalue weighted by Crippen LogP contribution is 2.35. The van der Waals surface area contributed by atoms with E-state index in [1.54, 1.807) is 0 Å². The first kappa shape index (κ1) is 15.3. The topological polar surface area (TPSA) is 66.4 Å². The van der Waals surface area contributed by atoms with E-state index in [9.17, 15) is 14.7 Å². The molecule has 112 valence electrons. The van der Waals surface area contributed by atoms with Gasteiger partial charge in [0.05, 0.1) is 0 Å². The molecule has 0 aromatic rings. The van der Waals surface area contributed by atoms with Gasteiger partial charge in [-0.05, 0) is 49.2 Å². The summed E-state index contributed by atoms with van der Waals surface area (Å²) in [7, 11) is -0.421. The Morgan fingerprint density at radius 1 is 1.10 bits per heavy atom.